The molecule has 7 nitrogen and oxygen atoms in total. The van der Waals surface area contributed by atoms with E-state index >= 15 is 0 Å². The molecule has 0 bridgehead atoms. The van der Waals surface area contributed by atoms with Crippen molar-refractivity contribution in [2.24, 2.45) is 10.2 Å². The molecule has 0 spiro atoms. The molecule has 0 saturated carbocycles. The number of aromatic nitrogens is 1. The van der Waals surface area contributed by atoms with Crippen molar-refractivity contribution < 1.29 is 19.8 Å². The Bertz CT molecular complexity index is 1100. The third-order valence-corrected chi connectivity index (χ3v) is 4.32. The first-order valence-electron chi connectivity index (χ1n) is 7.52. The summed E-state index contributed by atoms with van der Waals surface area (Å²) in [6.45, 7) is 0. The van der Waals surface area contributed by atoms with E-state index in [-0.39, 0.29) is 11.6 Å². The van der Waals surface area contributed by atoms with Gasteiger partial charge in [0.15, 0.2) is 5.69 Å². The van der Waals surface area contributed by atoms with Crippen molar-refractivity contribution in [3.05, 3.63) is 63.6 Å². The second-order valence-corrected chi connectivity index (χ2v) is 6.77. The number of aliphatic hydroxyl groups is 1. The van der Waals surface area contributed by atoms with E-state index in [2.05, 4.69) is 31.1 Å². The zero-order valence-corrected chi connectivity index (χ0v) is 15.8. The number of aromatic amines is 1. The SMILES string of the molecule is O=C(C=C(O)c1ccc(Cl)cc1)C(=O)N=Nc1c(O)[nH]c2ccc(Br)cc12. The quantitative estimate of drug-likeness (QED) is 0.224. The molecule has 1 heterocycles. The van der Waals surface area contributed by atoms with Gasteiger partial charge in [-0.15, -0.1) is 10.2 Å². The highest BCUT2D eigenvalue weighted by atomic mass is 79.9. The monoisotopic (exact) mass is 447 g/mol. The molecule has 0 fully saturated rings. The Morgan fingerprint density at radius 2 is 1.85 bits per heavy atom. The lowest BCUT2D eigenvalue weighted by Crippen LogP contribution is -2.07. The summed E-state index contributed by atoms with van der Waals surface area (Å²) >= 11 is 9.05. The van der Waals surface area contributed by atoms with Crippen molar-refractivity contribution in [2.45, 2.75) is 0 Å². The van der Waals surface area contributed by atoms with Crippen molar-refractivity contribution in [1.29, 1.82) is 0 Å². The molecule has 0 aliphatic carbocycles. The lowest BCUT2D eigenvalue weighted by molar-refractivity contribution is -0.133. The van der Waals surface area contributed by atoms with Gasteiger partial charge < -0.3 is 15.2 Å². The number of H-pyrrole nitrogens is 1. The number of aromatic hydroxyl groups is 1. The van der Waals surface area contributed by atoms with Crippen molar-refractivity contribution in [3.63, 3.8) is 0 Å². The van der Waals surface area contributed by atoms with Crippen LogP contribution in [-0.4, -0.2) is 26.9 Å². The predicted molar refractivity (Wildman–Crippen MR) is 104 cm³/mol. The number of aliphatic hydroxyl groups excluding tert-OH is 1. The van der Waals surface area contributed by atoms with Gasteiger partial charge in [-0.05, 0) is 42.5 Å². The summed E-state index contributed by atoms with van der Waals surface area (Å²) < 4.78 is 0.740. The fourth-order valence-corrected chi connectivity index (χ4v) is 2.76. The lowest BCUT2D eigenvalue weighted by atomic mass is 10.1. The van der Waals surface area contributed by atoms with Crippen LogP contribution in [0.15, 0.2) is 63.2 Å². The molecule has 0 unspecified atom stereocenters. The van der Waals surface area contributed by atoms with E-state index in [9.17, 15) is 19.8 Å². The van der Waals surface area contributed by atoms with Crippen molar-refractivity contribution in [1.82, 2.24) is 4.98 Å². The Labute approximate surface area is 166 Å². The fraction of sp³-hybridized carbons (Fsp3) is 0. The molecular weight excluding hydrogens is 438 g/mol. The summed E-state index contributed by atoms with van der Waals surface area (Å²) in [5.74, 6) is -2.95. The number of carbonyl (C=O) groups is 2. The van der Waals surface area contributed by atoms with Gasteiger partial charge in [0.2, 0.25) is 5.88 Å². The van der Waals surface area contributed by atoms with Crippen LogP contribution in [0.25, 0.3) is 16.7 Å². The first kappa shape index (κ1) is 18.8. The summed E-state index contributed by atoms with van der Waals surface area (Å²) in [5.41, 5.74) is 0.929. The maximum absolute atomic E-state index is 11.9. The molecule has 0 saturated heterocycles. The highest BCUT2D eigenvalue weighted by Gasteiger charge is 2.15. The summed E-state index contributed by atoms with van der Waals surface area (Å²) in [4.78, 5) is 26.5. The maximum atomic E-state index is 11.9. The van der Waals surface area contributed by atoms with Crippen LogP contribution >= 0.6 is 27.5 Å². The molecule has 2 aromatic carbocycles. The van der Waals surface area contributed by atoms with Crippen LogP contribution in [0.1, 0.15) is 5.56 Å². The lowest BCUT2D eigenvalue weighted by Gasteiger charge is -1.99. The van der Waals surface area contributed by atoms with Crippen LogP contribution in [-0.2, 0) is 9.59 Å². The molecule has 9 heteroatoms. The third kappa shape index (κ3) is 4.24. The largest absolute Gasteiger partial charge is 0.507 e. The number of amides is 1. The second-order valence-electron chi connectivity index (χ2n) is 5.42. The fourth-order valence-electron chi connectivity index (χ4n) is 2.27. The molecule has 27 heavy (non-hydrogen) atoms. The Morgan fingerprint density at radius 1 is 1.15 bits per heavy atom. The average Bonchev–Trinajstić information content (AvgIpc) is 2.94. The first-order chi connectivity index (χ1) is 12.8. The van der Waals surface area contributed by atoms with Gasteiger partial charge in [0.25, 0.3) is 5.78 Å². The average molecular weight is 449 g/mol. The number of hydrogen-bond acceptors (Lipinski definition) is 5. The van der Waals surface area contributed by atoms with E-state index in [4.69, 9.17) is 11.6 Å². The standard InChI is InChI=1S/C18H11BrClN3O4/c19-10-3-6-13-12(7-10)16(18(27)21-13)22-23-17(26)15(25)8-14(24)9-1-4-11(20)5-2-9/h1-8,21,24,27H. The van der Waals surface area contributed by atoms with Crippen LogP contribution in [0.4, 0.5) is 5.69 Å². The molecule has 0 atom stereocenters. The van der Waals surface area contributed by atoms with E-state index in [0.29, 0.717) is 21.5 Å². The Hall–Kier alpha value is -2.97. The number of nitrogens with zero attached hydrogens (tertiary/aromatic N) is 2. The van der Waals surface area contributed by atoms with Crippen LogP contribution < -0.4 is 0 Å². The third-order valence-electron chi connectivity index (χ3n) is 3.57. The Morgan fingerprint density at radius 3 is 2.56 bits per heavy atom. The molecule has 1 amide bonds. The molecule has 3 N–H and O–H groups in total. The molecule has 136 valence electrons. The number of nitrogens with one attached hydrogen (secondary N) is 1. The Kier molecular flexibility index (Phi) is 5.38. The van der Waals surface area contributed by atoms with Gasteiger partial charge >= 0.3 is 5.91 Å². The number of ketones is 1. The summed E-state index contributed by atoms with van der Waals surface area (Å²) in [6.07, 6.45) is 0.746. The van der Waals surface area contributed by atoms with E-state index < -0.39 is 17.4 Å². The van der Waals surface area contributed by atoms with Crippen molar-refractivity contribution in [2.75, 3.05) is 0 Å². The van der Waals surface area contributed by atoms with Gasteiger partial charge in [-0.1, -0.05) is 27.5 Å². The number of halogens is 2. The zero-order valence-electron chi connectivity index (χ0n) is 13.5. The summed E-state index contributed by atoms with van der Waals surface area (Å²) in [5, 5.41) is 27.8. The number of carbonyl (C=O) groups excluding carboxylic acids is 2. The summed E-state index contributed by atoms with van der Waals surface area (Å²) in [6, 6.07) is 11.2. The van der Waals surface area contributed by atoms with Gasteiger partial charge in [-0.3, -0.25) is 9.59 Å². The number of hydrogen-bond donors (Lipinski definition) is 3. The van der Waals surface area contributed by atoms with E-state index in [1.165, 1.54) is 24.3 Å². The van der Waals surface area contributed by atoms with Crippen molar-refractivity contribution in [3.8, 4) is 5.88 Å². The summed E-state index contributed by atoms with van der Waals surface area (Å²) in [7, 11) is 0. The van der Waals surface area contributed by atoms with Crippen LogP contribution in [0, 0.1) is 0 Å². The molecule has 0 aliphatic rings. The number of fused-ring (bicyclic) bond motifs is 1. The molecular formula is C18H11BrClN3O4. The normalized spacial score (nSPS) is 12.0. The van der Waals surface area contributed by atoms with E-state index in [0.717, 1.165) is 10.5 Å². The van der Waals surface area contributed by atoms with Crippen molar-refractivity contribution >= 4 is 61.6 Å². The minimum atomic E-state index is -1.20. The molecule has 0 aliphatic heterocycles. The first-order valence-corrected chi connectivity index (χ1v) is 8.69. The second kappa shape index (κ2) is 7.73. The van der Waals surface area contributed by atoms with Gasteiger partial charge in [-0.25, -0.2) is 0 Å². The van der Waals surface area contributed by atoms with Crippen LogP contribution in [0.3, 0.4) is 0 Å². The molecule has 0 radical (unpaired) electrons. The number of rotatable bonds is 4. The molecule has 1 aromatic heterocycles. The maximum Gasteiger partial charge on any atom is 0.335 e. The topological polar surface area (TPSA) is 115 Å². The highest BCUT2D eigenvalue weighted by Crippen LogP contribution is 2.36. The number of benzene rings is 2. The van der Waals surface area contributed by atoms with Gasteiger partial charge in [0.05, 0.1) is 5.52 Å². The predicted octanol–water partition coefficient (Wildman–Crippen LogP) is 5.07. The minimum Gasteiger partial charge on any atom is -0.507 e. The van der Waals surface area contributed by atoms with Gasteiger partial charge in [-0.2, -0.15) is 0 Å². The van der Waals surface area contributed by atoms with Crippen LogP contribution in [0.2, 0.25) is 5.02 Å². The van der Waals surface area contributed by atoms with Crippen LogP contribution in [0.5, 0.6) is 5.88 Å². The van der Waals surface area contributed by atoms with E-state index in [1.807, 2.05) is 0 Å². The number of azo groups is 1. The zero-order chi connectivity index (χ0) is 19.6. The highest BCUT2D eigenvalue weighted by molar-refractivity contribution is 9.10. The van der Waals surface area contributed by atoms with Gasteiger partial charge in [0, 0.05) is 26.5 Å². The van der Waals surface area contributed by atoms with Gasteiger partial charge in [0.1, 0.15) is 5.76 Å². The minimum absolute atomic E-state index is 0.0263. The Balaban J connectivity index is 1.81. The molecule has 3 rings (SSSR count). The molecule has 3 aromatic rings. The van der Waals surface area contributed by atoms with E-state index in [1.54, 1.807) is 18.2 Å². The smallest absolute Gasteiger partial charge is 0.335 e.